The molecule has 3 aromatic rings. The highest BCUT2D eigenvalue weighted by atomic mass is 19.4. The average molecular weight is 442 g/mol. The van der Waals surface area contributed by atoms with E-state index in [0.717, 1.165) is 34.4 Å². The first kappa shape index (κ1) is 23.4. The molecule has 1 aromatic heterocycles. The fourth-order valence-electron chi connectivity index (χ4n) is 3.34. The molecule has 1 N–H and O–H groups in total. The molecule has 3 rings (SSSR count). The largest absolute Gasteiger partial charge is 0.502 e. The minimum Gasteiger partial charge on any atom is -0.502 e. The number of benzene rings is 2. The maximum Gasteiger partial charge on any atom is 0.416 e. The van der Waals surface area contributed by atoms with Crippen LogP contribution in [-0.2, 0) is 19.0 Å². The van der Waals surface area contributed by atoms with Crippen LogP contribution in [0.15, 0.2) is 68.9 Å². The summed E-state index contributed by atoms with van der Waals surface area (Å²) in [5.41, 5.74) is 2.99. The zero-order chi connectivity index (χ0) is 23.6. The van der Waals surface area contributed by atoms with Gasteiger partial charge in [0.1, 0.15) is 5.58 Å². The van der Waals surface area contributed by atoms with Crippen LogP contribution in [0.25, 0.3) is 22.3 Å². The smallest absolute Gasteiger partial charge is 0.416 e. The van der Waals surface area contributed by atoms with Crippen molar-refractivity contribution in [2.24, 2.45) is 0 Å². The summed E-state index contributed by atoms with van der Waals surface area (Å²) in [6, 6.07) is 7.81. The molecule has 1 heterocycles. The third-order valence-corrected chi connectivity index (χ3v) is 5.06. The van der Waals surface area contributed by atoms with Crippen LogP contribution in [0, 0.1) is 0 Å². The van der Waals surface area contributed by atoms with Crippen molar-refractivity contribution in [3.8, 4) is 17.1 Å². The first-order valence-corrected chi connectivity index (χ1v) is 10.2. The van der Waals surface area contributed by atoms with Crippen LogP contribution in [0.4, 0.5) is 13.2 Å². The van der Waals surface area contributed by atoms with Gasteiger partial charge in [-0.15, -0.1) is 0 Å². The van der Waals surface area contributed by atoms with Gasteiger partial charge in [-0.1, -0.05) is 41.5 Å². The standard InChI is InChI=1S/C26H25F3O3/c1-15(2)5-7-17-13-19(8-6-16(3)4)24-21(14-17)22(30)23(31)25(32-24)18-9-11-20(12-10-18)26(27,28)29/h5-6,9-14,31H,7-8H2,1-4H3. The summed E-state index contributed by atoms with van der Waals surface area (Å²) in [6.07, 6.45) is 0.709. The molecule has 0 fully saturated rings. The third-order valence-electron chi connectivity index (χ3n) is 5.06. The second-order valence-electron chi connectivity index (χ2n) is 8.29. The molecule has 0 saturated heterocycles. The maximum absolute atomic E-state index is 13.0. The van der Waals surface area contributed by atoms with Crippen LogP contribution in [0.3, 0.4) is 0 Å². The van der Waals surface area contributed by atoms with Crippen LogP contribution in [0.2, 0.25) is 0 Å². The molecule has 0 unspecified atom stereocenters. The van der Waals surface area contributed by atoms with Gasteiger partial charge in [-0.3, -0.25) is 4.79 Å². The lowest BCUT2D eigenvalue weighted by atomic mass is 9.99. The molecule has 0 aliphatic rings. The van der Waals surface area contributed by atoms with Crippen molar-refractivity contribution >= 4 is 11.0 Å². The lowest BCUT2D eigenvalue weighted by Crippen LogP contribution is -2.06. The molecule has 0 bridgehead atoms. The van der Waals surface area contributed by atoms with Gasteiger partial charge in [0.05, 0.1) is 10.9 Å². The van der Waals surface area contributed by atoms with Gasteiger partial charge in [0.15, 0.2) is 5.76 Å². The number of rotatable bonds is 5. The molecule has 0 saturated carbocycles. The van der Waals surface area contributed by atoms with Crippen LogP contribution < -0.4 is 5.43 Å². The summed E-state index contributed by atoms with van der Waals surface area (Å²) in [5.74, 6) is -0.767. The molecule has 2 aromatic carbocycles. The Morgan fingerprint density at radius 2 is 1.56 bits per heavy atom. The van der Waals surface area contributed by atoms with E-state index in [1.807, 2.05) is 45.9 Å². The quantitative estimate of drug-likeness (QED) is 0.425. The molecule has 32 heavy (non-hydrogen) atoms. The SMILES string of the molecule is CC(C)=CCc1cc(CC=C(C)C)c2oc(-c3ccc(C(F)(F)F)cc3)c(O)c(=O)c2c1. The van der Waals surface area contributed by atoms with Crippen LogP contribution in [-0.4, -0.2) is 5.11 Å². The number of hydrogen-bond donors (Lipinski definition) is 1. The molecule has 0 aliphatic carbocycles. The topological polar surface area (TPSA) is 50.4 Å². The van der Waals surface area contributed by atoms with E-state index in [2.05, 4.69) is 0 Å². The fraction of sp³-hybridized carbons (Fsp3) is 0.269. The second kappa shape index (κ2) is 9.07. The number of alkyl halides is 3. The highest BCUT2D eigenvalue weighted by Crippen LogP contribution is 2.35. The number of aromatic hydroxyl groups is 1. The Bertz CT molecular complexity index is 1250. The third kappa shape index (κ3) is 5.13. The molecule has 168 valence electrons. The summed E-state index contributed by atoms with van der Waals surface area (Å²) in [5, 5.41) is 10.8. The monoisotopic (exact) mass is 442 g/mol. The number of halogens is 3. The Labute approximate surface area is 184 Å². The molecular weight excluding hydrogens is 417 g/mol. The van der Waals surface area contributed by atoms with Crippen molar-refractivity contribution in [3.63, 3.8) is 0 Å². The van der Waals surface area contributed by atoms with Gasteiger partial charge < -0.3 is 9.52 Å². The molecule has 0 amide bonds. The zero-order valence-corrected chi connectivity index (χ0v) is 18.4. The van der Waals surface area contributed by atoms with E-state index in [9.17, 15) is 23.1 Å². The Kier molecular flexibility index (Phi) is 6.63. The van der Waals surface area contributed by atoms with Crippen molar-refractivity contribution < 1.29 is 22.7 Å². The second-order valence-corrected chi connectivity index (χ2v) is 8.29. The Hall–Kier alpha value is -3.28. The van der Waals surface area contributed by atoms with Gasteiger partial charge in [-0.25, -0.2) is 0 Å². The van der Waals surface area contributed by atoms with Crippen molar-refractivity contribution in [1.29, 1.82) is 0 Å². The number of hydrogen-bond acceptors (Lipinski definition) is 3. The first-order chi connectivity index (χ1) is 15.0. The van der Waals surface area contributed by atoms with Crippen molar-refractivity contribution in [1.82, 2.24) is 0 Å². The summed E-state index contributed by atoms with van der Waals surface area (Å²) < 4.78 is 44.6. The van der Waals surface area contributed by atoms with Gasteiger partial charge in [-0.05, 0) is 69.9 Å². The molecule has 0 aliphatic heterocycles. The van der Waals surface area contributed by atoms with E-state index >= 15 is 0 Å². The van der Waals surface area contributed by atoms with E-state index in [1.165, 1.54) is 12.1 Å². The van der Waals surface area contributed by atoms with Crippen molar-refractivity contribution in [2.75, 3.05) is 0 Å². The fourth-order valence-corrected chi connectivity index (χ4v) is 3.34. The zero-order valence-electron chi connectivity index (χ0n) is 18.4. The average Bonchev–Trinajstić information content (AvgIpc) is 2.72. The van der Waals surface area contributed by atoms with Gasteiger partial charge in [-0.2, -0.15) is 13.2 Å². The first-order valence-electron chi connectivity index (χ1n) is 10.2. The Morgan fingerprint density at radius 1 is 0.969 bits per heavy atom. The lowest BCUT2D eigenvalue weighted by molar-refractivity contribution is -0.137. The van der Waals surface area contributed by atoms with E-state index < -0.39 is 22.9 Å². The van der Waals surface area contributed by atoms with Gasteiger partial charge in [0.2, 0.25) is 11.2 Å². The van der Waals surface area contributed by atoms with Crippen LogP contribution in [0.5, 0.6) is 5.75 Å². The predicted molar refractivity (Wildman–Crippen MR) is 121 cm³/mol. The highest BCUT2D eigenvalue weighted by Gasteiger charge is 2.30. The Balaban J connectivity index is 2.22. The van der Waals surface area contributed by atoms with Crippen LogP contribution in [0.1, 0.15) is 44.4 Å². The van der Waals surface area contributed by atoms with Gasteiger partial charge >= 0.3 is 6.18 Å². The molecule has 3 nitrogen and oxygen atoms in total. The molecule has 6 heteroatoms. The van der Waals surface area contributed by atoms with E-state index in [0.29, 0.717) is 18.4 Å². The lowest BCUT2D eigenvalue weighted by Gasteiger charge is -2.12. The van der Waals surface area contributed by atoms with Gasteiger partial charge in [0, 0.05) is 5.56 Å². The van der Waals surface area contributed by atoms with Gasteiger partial charge in [0.25, 0.3) is 0 Å². The number of fused-ring (bicyclic) bond motifs is 1. The minimum absolute atomic E-state index is 0.147. The number of allylic oxidation sites excluding steroid dienone is 4. The predicted octanol–water partition coefficient (Wildman–Crippen LogP) is 7.20. The summed E-state index contributed by atoms with van der Waals surface area (Å²) in [6.45, 7) is 7.90. The molecule has 0 spiro atoms. The normalized spacial score (nSPS) is 11.5. The minimum atomic E-state index is -4.48. The summed E-state index contributed by atoms with van der Waals surface area (Å²) >= 11 is 0. The summed E-state index contributed by atoms with van der Waals surface area (Å²) in [7, 11) is 0. The van der Waals surface area contributed by atoms with Crippen molar-refractivity contribution in [3.05, 3.63) is 86.6 Å². The van der Waals surface area contributed by atoms with E-state index in [1.54, 1.807) is 6.07 Å². The maximum atomic E-state index is 13.0. The van der Waals surface area contributed by atoms with E-state index in [4.69, 9.17) is 4.42 Å². The highest BCUT2D eigenvalue weighted by molar-refractivity contribution is 5.85. The van der Waals surface area contributed by atoms with E-state index in [-0.39, 0.29) is 16.7 Å². The molecule has 0 atom stereocenters. The molecular formula is C26H25F3O3. The van der Waals surface area contributed by atoms with Crippen molar-refractivity contribution in [2.45, 2.75) is 46.7 Å². The molecule has 0 radical (unpaired) electrons. The van der Waals surface area contributed by atoms with Crippen LogP contribution >= 0.6 is 0 Å². The Morgan fingerprint density at radius 3 is 2.12 bits per heavy atom. The summed E-state index contributed by atoms with van der Waals surface area (Å²) in [4.78, 5) is 13.0.